The van der Waals surface area contributed by atoms with Crippen molar-refractivity contribution in [2.75, 3.05) is 12.3 Å². The molecule has 0 unspecified atom stereocenters. The molecule has 0 aliphatic carbocycles. The Morgan fingerprint density at radius 2 is 2.31 bits per heavy atom. The highest BCUT2D eigenvalue weighted by molar-refractivity contribution is 5.90. The van der Waals surface area contributed by atoms with Gasteiger partial charge >= 0.3 is 5.97 Å². The molecule has 1 aromatic carbocycles. The molecule has 0 saturated carbocycles. The second kappa shape index (κ2) is 2.65. The molecule has 0 radical (unpaired) electrons. The van der Waals surface area contributed by atoms with Crippen LogP contribution in [0.1, 0.15) is 15.9 Å². The molecule has 1 heterocycles. The molecule has 68 valence electrons. The molecule has 0 saturated heterocycles. The van der Waals surface area contributed by atoms with Crippen molar-refractivity contribution in [1.82, 2.24) is 0 Å². The van der Waals surface area contributed by atoms with Crippen molar-refractivity contribution >= 4 is 11.7 Å². The van der Waals surface area contributed by atoms with Crippen molar-refractivity contribution in [3.05, 3.63) is 23.3 Å². The molecular formula is C9H9NO3. The number of hydrogen-bond acceptors (Lipinski definition) is 3. The monoisotopic (exact) mass is 179 g/mol. The van der Waals surface area contributed by atoms with Crippen LogP contribution in [0.5, 0.6) is 5.75 Å². The van der Waals surface area contributed by atoms with Crippen LogP contribution in [0.2, 0.25) is 0 Å². The lowest BCUT2D eigenvalue weighted by molar-refractivity contribution is 0.0697. The number of fused-ring (bicyclic) bond motifs is 1. The maximum atomic E-state index is 10.7. The van der Waals surface area contributed by atoms with Gasteiger partial charge in [0.05, 0.1) is 17.9 Å². The standard InChI is InChI=1S/C9H9NO3/c10-7-4-6(9(11)12)3-5-1-2-13-8(5)7/h3-4H,1-2,10H2,(H,11,12). The SMILES string of the molecule is Nc1cc(C(=O)O)cc2c1OCC2. The number of anilines is 1. The fourth-order valence-electron chi connectivity index (χ4n) is 1.46. The maximum absolute atomic E-state index is 10.7. The second-order valence-electron chi connectivity index (χ2n) is 2.96. The number of ether oxygens (including phenoxy) is 1. The summed E-state index contributed by atoms with van der Waals surface area (Å²) in [5.74, 6) is -0.314. The molecule has 0 atom stereocenters. The van der Waals surface area contributed by atoms with Gasteiger partial charge < -0.3 is 15.6 Å². The van der Waals surface area contributed by atoms with Crippen LogP contribution < -0.4 is 10.5 Å². The fraction of sp³-hybridized carbons (Fsp3) is 0.222. The average molecular weight is 179 g/mol. The third kappa shape index (κ3) is 1.20. The minimum atomic E-state index is -0.957. The Morgan fingerprint density at radius 3 is 3.00 bits per heavy atom. The summed E-state index contributed by atoms with van der Waals surface area (Å²) in [4.78, 5) is 10.7. The highest BCUT2D eigenvalue weighted by atomic mass is 16.5. The van der Waals surface area contributed by atoms with Crippen molar-refractivity contribution in [1.29, 1.82) is 0 Å². The Morgan fingerprint density at radius 1 is 1.54 bits per heavy atom. The lowest BCUT2D eigenvalue weighted by Crippen LogP contribution is -1.99. The first-order valence-corrected chi connectivity index (χ1v) is 3.97. The number of hydrogen-bond donors (Lipinski definition) is 2. The van der Waals surface area contributed by atoms with Gasteiger partial charge in [-0.3, -0.25) is 0 Å². The highest BCUT2D eigenvalue weighted by Gasteiger charge is 2.18. The molecular weight excluding hydrogens is 170 g/mol. The Hall–Kier alpha value is -1.71. The number of carboxylic acid groups (broad SMARTS) is 1. The predicted octanol–water partition coefficient (Wildman–Crippen LogP) is 0.902. The third-order valence-electron chi connectivity index (χ3n) is 2.06. The minimum Gasteiger partial charge on any atom is -0.491 e. The van der Waals surface area contributed by atoms with Gasteiger partial charge in [0.1, 0.15) is 5.75 Å². The summed E-state index contributed by atoms with van der Waals surface area (Å²) in [5.41, 5.74) is 7.14. The molecule has 13 heavy (non-hydrogen) atoms. The Bertz CT molecular complexity index is 373. The van der Waals surface area contributed by atoms with Crippen LogP contribution in [-0.2, 0) is 6.42 Å². The summed E-state index contributed by atoms with van der Waals surface area (Å²) in [5, 5.41) is 8.74. The van der Waals surface area contributed by atoms with E-state index < -0.39 is 5.97 Å². The van der Waals surface area contributed by atoms with E-state index in [9.17, 15) is 4.79 Å². The first-order chi connectivity index (χ1) is 6.18. The predicted molar refractivity (Wildman–Crippen MR) is 47.0 cm³/mol. The summed E-state index contributed by atoms with van der Waals surface area (Å²) >= 11 is 0. The zero-order valence-electron chi connectivity index (χ0n) is 6.91. The number of carbonyl (C=O) groups is 1. The highest BCUT2D eigenvalue weighted by Crippen LogP contribution is 2.32. The zero-order valence-corrected chi connectivity index (χ0v) is 6.91. The third-order valence-corrected chi connectivity index (χ3v) is 2.06. The van der Waals surface area contributed by atoms with Gasteiger partial charge in [-0.15, -0.1) is 0 Å². The number of benzene rings is 1. The second-order valence-corrected chi connectivity index (χ2v) is 2.96. The maximum Gasteiger partial charge on any atom is 0.335 e. The molecule has 2 rings (SSSR count). The summed E-state index contributed by atoms with van der Waals surface area (Å²) in [6.07, 6.45) is 0.737. The number of aromatic carboxylic acids is 1. The van der Waals surface area contributed by atoms with Crippen molar-refractivity contribution in [3.63, 3.8) is 0 Å². The van der Waals surface area contributed by atoms with Crippen LogP contribution in [0.3, 0.4) is 0 Å². The number of carboxylic acids is 1. The first kappa shape index (κ1) is 7.91. The number of nitrogens with two attached hydrogens (primary N) is 1. The molecule has 0 amide bonds. The van der Waals surface area contributed by atoms with Gasteiger partial charge in [0.15, 0.2) is 0 Å². The largest absolute Gasteiger partial charge is 0.491 e. The lowest BCUT2D eigenvalue weighted by atomic mass is 10.1. The fourth-order valence-corrected chi connectivity index (χ4v) is 1.46. The van der Waals surface area contributed by atoms with E-state index in [1.807, 2.05) is 0 Å². The molecule has 1 aliphatic rings. The smallest absolute Gasteiger partial charge is 0.335 e. The number of nitrogen functional groups attached to an aromatic ring is 1. The normalized spacial score (nSPS) is 13.5. The summed E-state index contributed by atoms with van der Waals surface area (Å²) in [6, 6.07) is 3.04. The van der Waals surface area contributed by atoms with E-state index in [4.69, 9.17) is 15.6 Å². The Labute approximate surface area is 74.9 Å². The molecule has 4 heteroatoms. The molecule has 0 bridgehead atoms. The molecule has 0 aromatic heterocycles. The Balaban J connectivity index is 2.55. The van der Waals surface area contributed by atoms with Gasteiger partial charge in [0, 0.05) is 12.0 Å². The molecule has 0 spiro atoms. The summed E-state index contributed by atoms with van der Waals surface area (Å²) in [7, 11) is 0. The van der Waals surface area contributed by atoms with E-state index in [1.54, 1.807) is 6.07 Å². The van der Waals surface area contributed by atoms with Gasteiger partial charge in [0.25, 0.3) is 0 Å². The van der Waals surface area contributed by atoms with E-state index in [0.717, 1.165) is 12.0 Å². The van der Waals surface area contributed by atoms with Crippen LogP contribution in [0.4, 0.5) is 5.69 Å². The van der Waals surface area contributed by atoms with Gasteiger partial charge in [-0.25, -0.2) is 4.79 Å². The van der Waals surface area contributed by atoms with Gasteiger partial charge in [-0.2, -0.15) is 0 Å². The minimum absolute atomic E-state index is 0.224. The zero-order chi connectivity index (χ0) is 9.42. The molecule has 4 nitrogen and oxygen atoms in total. The van der Waals surface area contributed by atoms with Crippen LogP contribution in [0.25, 0.3) is 0 Å². The molecule has 1 aromatic rings. The lowest BCUT2D eigenvalue weighted by Gasteiger charge is -2.04. The van der Waals surface area contributed by atoms with Crippen molar-refractivity contribution < 1.29 is 14.6 Å². The van der Waals surface area contributed by atoms with Crippen LogP contribution in [-0.4, -0.2) is 17.7 Å². The van der Waals surface area contributed by atoms with Crippen LogP contribution in [0.15, 0.2) is 12.1 Å². The van der Waals surface area contributed by atoms with Gasteiger partial charge in [-0.05, 0) is 12.1 Å². The van der Waals surface area contributed by atoms with Gasteiger partial charge in [-0.1, -0.05) is 0 Å². The van der Waals surface area contributed by atoms with Crippen LogP contribution in [0, 0.1) is 0 Å². The number of rotatable bonds is 1. The molecule has 3 N–H and O–H groups in total. The van der Waals surface area contributed by atoms with E-state index in [2.05, 4.69) is 0 Å². The molecule has 0 fully saturated rings. The van der Waals surface area contributed by atoms with E-state index in [-0.39, 0.29) is 5.56 Å². The topological polar surface area (TPSA) is 72.6 Å². The summed E-state index contributed by atoms with van der Waals surface area (Å²) in [6.45, 7) is 0.586. The molecule has 1 aliphatic heterocycles. The quantitative estimate of drug-likeness (QED) is 0.628. The average Bonchev–Trinajstić information content (AvgIpc) is 2.51. The van der Waals surface area contributed by atoms with E-state index in [0.29, 0.717) is 18.0 Å². The van der Waals surface area contributed by atoms with Crippen molar-refractivity contribution in [3.8, 4) is 5.75 Å². The summed E-state index contributed by atoms with van der Waals surface area (Å²) < 4.78 is 5.25. The van der Waals surface area contributed by atoms with Crippen LogP contribution >= 0.6 is 0 Å². The van der Waals surface area contributed by atoms with Crippen molar-refractivity contribution in [2.45, 2.75) is 6.42 Å². The van der Waals surface area contributed by atoms with Crippen molar-refractivity contribution in [2.24, 2.45) is 0 Å². The van der Waals surface area contributed by atoms with E-state index in [1.165, 1.54) is 6.07 Å². The Kier molecular flexibility index (Phi) is 1.62. The first-order valence-electron chi connectivity index (χ1n) is 3.97. The van der Waals surface area contributed by atoms with E-state index >= 15 is 0 Å². The van der Waals surface area contributed by atoms with Gasteiger partial charge in [0.2, 0.25) is 0 Å².